The van der Waals surface area contributed by atoms with Gasteiger partial charge in [0.2, 0.25) is 0 Å². The molecule has 2 aliphatic rings. The van der Waals surface area contributed by atoms with Gasteiger partial charge >= 0.3 is 0 Å². The molecule has 55 heavy (non-hydrogen) atoms. The fourth-order valence-electron chi connectivity index (χ4n) is 7.97. The van der Waals surface area contributed by atoms with Gasteiger partial charge in [0.1, 0.15) is 23.7 Å². The second-order valence-corrected chi connectivity index (χ2v) is 18.1. The van der Waals surface area contributed by atoms with Crippen molar-refractivity contribution >= 4 is 47.7 Å². The van der Waals surface area contributed by atoms with Gasteiger partial charge in [-0.2, -0.15) is 0 Å². The SMILES string of the molecule is COc1cc(P(c2ccccc2)c2ccccc2)c2c(c1OC)C[C@H]1CCC[C@H](Cc3c(OC)c(OC)cc(P(c4ccccc4)c4ccccc4)c3O1)O2. The standard InChI is InChI=1S/C47H46O6P2/c1-48-40-30-42(54(34-20-9-5-10-21-34)35-22-11-6-12-23-35)46-38(44(40)50-3)28-32-18-17-19-33(52-46)29-39-45(51-4)41(49-2)31-43(47(39)53-32)55(36-24-13-7-14-25-36)37-26-15-8-16-27-37/h5-16,20-27,30-33H,17-19,28-29H2,1-4H3/t32-,33-/m1/s1. The predicted octanol–water partition coefficient (Wildman–Crippen LogP) is 7.71. The maximum Gasteiger partial charge on any atom is 0.167 e. The van der Waals surface area contributed by atoms with Crippen LogP contribution in [0.4, 0.5) is 0 Å². The summed E-state index contributed by atoms with van der Waals surface area (Å²) >= 11 is 0. The van der Waals surface area contributed by atoms with Crippen molar-refractivity contribution in [2.75, 3.05) is 28.4 Å². The molecule has 0 radical (unpaired) electrons. The molecule has 2 heterocycles. The van der Waals surface area contributed by atoms with Gasteiger partial charge in [-0.3, -0.25) is 0 Å². The van der Waals surface area contributed by atoms with E-state index >= 15 is 0 Å². The summed E-state index contributed by atoms with van der Waals surface area (Å²) < 4.78 is 39.6. The van der Waals surface area contributed by atoms with Gasteiger partial charge in [0.25, 0.3) is 0 Å². The van der Waals surface area contributed by atoms with Crippen LogP contribution in [-0.2, 0) is 12.8 Å². The highest BCUT2D eigenvalue weighted by molar-refractivity contribution is 7.80. The minimum atomic E-state index is -1.03. The number of methoxy groups -OCH3 is 4. The first kappa shape index (κ1) is 36.9. The van der Waals surface area contributed by atoms with Crippen LogP contribution in [0.5, 0.6) is 34.5 Å². The summed E-state index contributed by atoms with van der Waals surface area (Å²) in [5.74, 6) is 4.48. The Morgan fingerprint density at radius 3 is 1.07 bits per heavy atom. The van der Waals surface area contributed by atoms with Crippen molar-refractivity contribution in [2.24, 2.45) is 0 Å². The zero-order valence-electron chi connectivity index (χ0n) is 31.7. The molecule has 2 aliphatic heterocycles. The van der Waals surface area contributed by atoms with Gasteiger partial charge in [-0.25, -0.2) is 0 Å². The second-order valence-electron chi connectivity index (χ2n) is 13.7. The van der Waals surface area contributed by atoms with Gasteiger partial charge in [-0.15, -0.1) is 0 Å². The van der Waals surface area contributed by atoms with Crippen LogP contribution < -0.4 is 60.2 Å². The summed E-state index contributed by atoms with van der Waals surface area (Å²) in [6, 6.07) is 47.2. The van der Waals surface area contributed by atoms with E-state index in [0.29, 0.717) is 35.8 Å². The molecule has 0 amide bonds. The van der Waals surface area contributed by atoms with Crippen molar-refractivity contribution in [3.63, 3.8) is 0 Å². The molecule has 0 unspecified atom stereocenters. The maximum absolute atomic E-state index is 7.47. The highest BCUT2D eigenvalue weighted by atomic mass is 31.1. The monoisotopic (exact) mass is 768 g/mol. The highest BCUT2D eigenvalue weighted by Crippen LogP contribution is 2.50. The first-order chi connectivity index (χ1) is 27.1. The van der Waals surface area contributed by atoms with Crippen molar-refractivity contribution in [1.29, 1.82) is 0 Å². The molecule has 6 aromatic rings. The molecule has 0 saturated carbocycles. The maximum atomic E-state index is 7.47. The lowest BCUT2D eigenvalue weighted by Gasteiger charge is -2.32. The molecular weight excluding hydrogens is 722 g/mol. The Morgan fingerprint density at radius 2 is 0.782 bits per heavy atom. The van der Waals surface area contributed by atoms with Crippen LogP contribution in [0.1, 0.15) is 30.4 Å². The van der Waals surface area contributed by atoms with Gasteiger partial charge < -0.3 is 28.4 Å². The minimum Gasteiger partial charge on any atom is -0.493 e. The summed E-state index contributed by atoms with van der Waals surface area (Å²) in [6.45, 7) is 0. The summed E-state index contributed by atoms with van der Waals surface area (Å²) in [4.78, 5) is 0. The van der Waals surface area contributed by atoms with E-state index in [0.717, 1.165) is 52.5 Å². The molecule has 2 bridgehead atoms. The minimum absolute atomic E-state index is 0.188. The first-order valence-corrected chi connectivity index (χ1v) is 21.5. The summed E-state index contributed by atoms with van der Waals surface area (Å²) in [6.07, 6.45) is 3.41. The molecule has 0 fully saturated rings. The number of hydrogen-bond donors (Lipinski definition) is 0. The quantitative estimate of drug-likeness (QED) is 0.133. The van der Waals surface area contributed by atoms with Gasteiger partial charge in [-0.05, 0) is 68.5 Å². The van der Waals surface area contributed by atoms with E-state index in [1.54, 1.807) is 28.4 Å². The Morgan fingerprint density at radius 1 is 0.455 bits per heavy atom. The van der Waals surface area contributed by atoms with Gasteiger partial charge in [0, 0.05) is 34.6 Å². The van der Waals surface area contributed by atoms with Gasteiger partial charge in [0.05, 0.1) is 28.4 Å². The van der Waals surface area contributed by atoms with E-state index in [9.17, 15) is 0 Å². The summed E-state index contributed by atoms with van der Waals surface area (Å²) in [5.41, 5.74) is 1.96. The number of ether oxygens (including phenoxy) is 6. The normalized spacial score (nSPS) is 16.3. The van der Waals surface area contributed by atoms with E-state index in [-0.39, 0.29) is 12.2 Å². The van der Waals surface area contributed by atoms with E-state index in [4.69, 9.17) is 28.4 Å². The molecule has 6 nitrogen and oxygen atoms in total. The van der Waals surface area contributed by atoms with Crippen molar-refractivity contribution in [1.82, 2.24) is 0 Å². The number of rotatable bonds is 10. The first-order valence-electron chi connectivity index (χ1n) is 18.8. The van der Waals surface area contributed by atoms with Crippen LogP contribution in [0.2, 0.25) is 0 Å². The average molecular weight is 769 g/mol. The fourth-order valence-corrected chi connectivity index (χ4v) is 12.8. The lowest BCUT2D eigenvalue weighted by atomic mass is 10.0. The zero-order valence-corrected chi connectivity index (χ0v) is 33.5. The van der Waals surface area contributed by atoms with Crippen molar-refractivity contribution < 1.29 is 28.4 Å². The summed E-state index contributed by atoms with van der Waals surface area (Å²) in [7, 11) is 4.81. The number of fused-ring (bicyclic) bond motifs is 6. The zero-order chi connectivity index (χ0) is 37.7. The predicted molar refractivity (Wildman–Crippen MR) is 227 cm³/mol. The Balaban J connectivity index is 1.36. The lowest BCUT2D eigenvalue weighted by molar-refractivity contribution is 0.186. The van der Waals surface area contributed by atoms with E-state index < -0.39 is 15.8 Å². The molecule has 0 aromatic heterocycles. The topological polar surface area (TPSA) is 55.4 Å². The summed E-state index contributed by atoms with van der Waals surface area (Å²) in [5, 5.41) is 7.12. The highest BCUT2D eigenvalue weighted by Gasteiger charge is 2.37. The lowest BCUT2D eigenvalue weighted by Crippen LogP contribution is -2.31. The van der Waals surface area contributed by atoms with Crippen LogP contribution >= 0.6 is 15.8 Å². The molecule has 8 rings (SSSR count). The molecular formula is C47H46O6P2. The van der Waals surface area contributed by atoms with Crippen molar-refractivity contribution in [3.05, 3.63) is 145 Å². The smallest absolute Gasteiger partial charge is 0.167 e. The van der Waals surface area contributed by atoms with E-state index in [1.807, 2.05) is 0 Å². The van der Waals surface area contributed by atoms with Crippen LogP contribution in [-0.4, -0.2) is 40.6 Å². The van der Waals surface area contributed by atoms with Crippen LogP contribution in [0.25, 0.3) is 0 Å². The molecule has 0 aliphatic carbocycles. The van der Waals surface area contributed by atoms with Crippen LogP contribution in [0.15, 0.2) is 133 Å². The molecule has 6 aromatic carbocycles. The molecule has 8 heteroatoms. The third kappa shape index (κ3) is 7.39. The van der Waals surface area contributed by atoms with Gasteiger partial charge in [0.15, 0.2) is 23.0 Å². The third-order valence-electron chi connectivity index (χ3n) is 10.4. The largest absolute Gasteiger partial charge is 0.493 e. The average Bonchev–Trinajstić information content (AvgIpc) is 3.38. The fraction of sp³-hybridized carbons (Fsp3) is 0.234. The molecule has 0 spiro atoms. The van der Waals surface area contributed by atoms with Crippen LogP contribution in [0, 0.1) is 0 Å². The van der Waals surface area contributed by atoms with E-state index in [2.05, 4.69) is 133 Å². The molecule has 2 atom stereocenters. The van der Waals surface area contributed by atoms with Crippen molar-refractivity contribution in [3.8, 4) is 34.5 Å². The molecule has 280 valence electrons. The Labute approximate surface area is 326 Å². The van der Waals surface area contributed by atoms with Gasteiger partial charge in [-0.1, -0.05) is 121 Å². The molecule has 0 N–H and O–H groups in total. The van der Waals surface area contributed by atoms with Crippen LogP contribution in [0.3, 0.4) is 0 Å². The number of hydrogen-bond acceptors (Lipinski definition) is 6. The Bertz CT molecular complexity index is 1980. The van der Waals surface area contributed by atoms with E-state index in [1.165, 1.54) is 21.2 Å². The second kappa shape index (κ2) is 16.8. The van der Waals surface area contributed by atoms with Crippen molar-refractivity contribution in [2.45, 2.75) is 44.3 Å². The number of benzene rings is 6. The Kier molecular flexibility index (Phi) is 11.3. The Hall–Kier alpha value is -5.02. The molecule has 0 saturated heterocycles. The third-order valence-corrected chi connectivity index (χ3v) is 15.3.